The molecule has 1 saturated heterocycles. The topological polar surface area (TPSA) is 89.6 Å². The fourth-order valence-corrected chi connectivity index (χ4v) is 2.10. The van der Waals surface area contributed by atoms with Crippen molar-refractivity contribution in [1.29, 1.82) is 0 Å². The number of ether oxygens (including phenoxy) is 2. The monoisotopic (exact) mass is 301 g/mol. The minimum Gasteiger partial charge on any atom is -0.456 e. The number of nitrogen functional groups attached to an aromatic ring is 1. The highest BCUT2D eigenvalue weighted by molar-refractivity contribution is 5.68. The summed E-state index contributed by atoms with van der Waals surface area (Å²) in [5.74, 6) is 1.31. The van der Waals surface area contributed by atoms with Crippen LogP contribution in [0.25, 0.3) is 0 Å². The number of anilines is 2. The molecular formula is C16H19N3O3. The third-order valence-electron chi connectivity index (χ3n) is 3.49. The second-order valence-electron chi connectivity index (χ2n) is 5.56. The van der Waals surface area contributed by atoms with Gasteiger partial charge in [-0.05, 0) is 31.2 Å². The molecule has 3 rings (SSSR count). The summed E-state index contributed by atoms with van der Waals surface area (Å²) < 4.78 is 10.8. The number of nitrogens with one attached hydrogen (secondary N) is 1. The Morgan fingerprint density at radius 2 is 2.09 bits per heavy atom. The molecule has 1 fully saturated rings. The molecule has 0 atom stereocenters. The highest BCUT2D eigenvalue weighted by Crippen LogP contribution is 2.29. The van der Waals surface area contributed by atoms with Crippen molar-refractivity contribution in [2.24, 2.45) is 0 Å². The molecule has 1 aliphatic rings. The van der Waals surface area contributed by atoms with E-state index >= 15 is 0 Å². The van der Waals surface area contributed by atoms with E-state index in [0.29, 0.717) is 36.9 Å². The number of nitrogens with two attached hydrogens (primary N) is 1. The predicted octanol–water partition coefficient (Wildman–Crippen LogP) is 1.94. The van der Waals surface area contributed by atoms with E-state index in [1.807, 2.05) is 19.1 Å². The highest BCUT2D eigenvalue weighted by atomic mass is 16.5. The molecule has 1 aromatic heterocycles. The Bertz CT molecular complexity index is 654. The first kappa shape index (κ1) is 14.6. The molecule has 2 heterocycles. The molecule has 0 amide bonds. The summed E-state index contributed by atoms with van der Waals surface area (Å²) in [5.41, 5.74) is 7.38. The largest absolute Gasteiger partial charge is 0.456 e. The summed E-state index contributed by atoms with van der Waals surface area (Å²) >= 11 is 0. The standard InChI is InChI=1S/C16H19N3O3/c1-11-2-3-13(7-18-11)22-12-4-5-14(17)15(6-12)19-8-16(20)9-21-10-16/h2-7,19-20H,8-10,17H2,1H3. The average Bonchev–Trinajstić information content (AvgIpc) is 2.48. The lowest BCUT2D eigenvalue weighted by atomic mass is 10.0. The average molecular weight is 301 g/mol. The molecule has 6 heteroatoms. The Labute approximate surface area is 128 Å². The Morgan fingerprint density at radius 3 is 2.73 bits per heavy atom. The number of aliphatic hydroxyl groups is 1. The van der Waals surface area contributed by atoms with E-state index in [4.69, 9.17) is 15.2 Å². The molecule has 4 N–H and O–H groups in total. The van der Waals surface area contributed by atoms with E-state index in [1.54, 1.807) is 24.4 Å². The van der Waals surface area contributed by atoms with Crippen LogP contribution < -0.4 is 15.8 Å². The lowest BCUT2D eigenvalue weighted by Gasteiger charge is -2.36. The van der Waals surface area contributed by atoms with E-state index in [2.05, 4.69) is 10.3 Å². The van der Waals surface area contributed by atoms with Crippen molar-refractivity contribution < 1.29 is 14.6 Å². The molecule has 0 bridgehead atoms. The van der Waals surface area contributed by atoms with Gasteiger partial charge in [-0.25, -0.2) is 0 Å². The maximum absolute atomic E-state index is 10.0. The van der Waals surface area contributed by atoms with Crippen molar-refractivity contribution in [3.05, 3.63) is 42.2 Å². The molecule has 0 saturated carbocycles. The van der Waals surface area contributed by atoms with Crippen LogP contribution in [0.2, 0.25) is 0 Å². The zero-order valence-corrected chi connectivity index (χ0v) is 12.4. The predicted molar refractivity (Wildman–Crippen MR) is 84.2 cm³/mol. The fourth-order valence-electron chi connectivity index (χ4n) is 2.10. The second-order valence-corrected chi connectivity index (χ2v) is 5.56. The summed E-state index contributed by atoms with van der Waals surface area (Å²) in [6.45, 7) is 2.98. The number of pyridine rings is 1. The van der Waals surface area contributed by atoms with Gasteiger partial charge in [0.25, 0.3) is 0 Å². The van der Waals surface area contributed by atoms with Crippen molar-refractivity contribution >= 4 is 11.4 Å². The molecule has 0 radical (unpaired) electrons. The van der Waals surface area contributed by atoms with E-state index in [0.717, 1.165) is 11.4 Å². The van der Waals surface area contributed by atoms with Gasteiger partial charge >= 0.3 is 0 Å². The van der Waals surface area contributed by atoms with Gasteiger partial charge in [-0.15, -0.1) is 0 Å². The van der Waals surface area contributed by atoms with Crippen LogP contribution in [0.5, 0.6) is 11.5 Å². The molecule has 0 spiro atoms. The molecule has 1 aliphatic heterocycles. The van der Waals surface area contributed by atoms with Crippen molar-refractivity contribution in [2.45, 2.75) is 12.5 Å². The minimum absolute atomic E-state index is 0.338. The molecule has 22 heavy (non-hydrogen) atoms. The van der Waals surface area contributed by atoms with Crippen LogP contribution in [0.1, 0.15) is 5.69 Å². The van der Waals surface area contributed by atoms with Gasteiger partial charge in [0.2, 0.25) is 0 Å². The van der Waals surface area contributed by atoms with Gasteiger partial charge in [-0.2, -0.15) is 0 Å². The van der Waals surface area contributed by atoms with Crippen molar-refractivity contribution in [3.8, 4) is 11.5 Å². The number of benzene rings is 1. The van der Waals surface area contributed by atoms with Crippen molar-refractivity contribution in [1.82, 2.24) is 4.98 Å². The van der Waals surface area contributed by atoms with E-state index in [9.17, 15) is 5.11 Å². The highest BCUT2D eigenvalue weighted by Gasteiger charge is 2.35. The molecule has 116 valence electrons. The van der Waals surface area contributed by atoms with Crippen molar-refractivity contribution in [3.63, 3.8) is 0 Å². The number of aryl methyl sites for hydroxylation is 1. The van der Waals surface area contributed by atoms with Crippen LogP contribution in [-0.4, -0.2) is 35.5 Å². The number of hydrogen-bond donors (Lipinski definition) is 3. The van der Waals surface area contributed by atoms with Gasteiger partial charge in [0.05, 0.1) is 30.8 Å². The summed E-state index contributed by atoms with van der Waals surface area (Å²) in [4.78, 5) is 4.19. The van der Waals surface area contributed by atoms with Gasteiger partial charge in [0.1, 0.15) is 17.1 Å². The van der Waals surface area contributed by atoms with Gasteiger partial charge < -0.3 is 25.6 Å². The molecule has 0 aliphatic carbocycles. The van der Waals surface area contributed by atoms with E-state index in [1.165, 1.54) is 0 Å². The Balaban J connectivity index is 1.70. The molecule has 1 aromatic carbocycles. The normalized spacial score (nSPS) is 15.9. The van der Waals surface area contributed by atoms with Crippen LogP contribution in [0, 0.1) is 6.92 Å². The van der Waals surface area contributed by atoms with Gasteiger partial charge in [-0.3, -0.25) is 4.98 Å². The second kappa shape index (κ2) is 5.82. The molecule has 2 aromatic rings. The Morgan fingerprint density at radius 1 is 1.32 bits per heavy atom. The van der Waals surface area contributed by atoms with Gasteiger partial charge in [-0.1, -0.05) is 0 Å². The van der Waals surface area contributed by atoms with Crippen LogP contribution in [0.3, 0.4) is 0 Å². The summed E-state index contributed by atoms with van der Waals surface area (Å²) in [6, 6.07) is 9.11. The minimum atomic E-state index is -0.815. The zero-order chi connectivity index (χ0) is 15.6. The number of aromatic nitrogens is 1. The SMILES string of the molecule is Cc1ccc(Oc2ccc(N)c(NCC3(O)COC3)c2)cn1. The first-order chi connectivity index (χ1) is 10.5. The number of nitrogens with zero attached hydrogens (tertiary/aromatic N) is 1. The summed E-state index contributed by atoms with van der Waals surface area (Å²) in [5, 5.41) is 13.2. The number of hydrogen-bond acceptors (Lipinski definition) is 6. The maximum Gasteiger partial charge on any atom is 0.145 e. The van der Waals surface area contributed by atoms with Crippen LogP contribution in [0.4, 0.5) is 11.4 Å². The van der Waals surface area contributed by atoms with Crippen LogP contribution in [0.15, 0.2) is 36.5 Å². The fraction of sp³-hybridized carbons (Fsp3) is 0.312. The first-order valence-corrected chi connectivity index (χ1v) is 7.08. The molecule has 6 nitrogen and oxygen atoms in total. The zero-order valence-electron chi connectivity index (χ0n) is 12.4. The lowest BCUT2D eigenvalue weighted by Crippen LogP contribution is -2.54. The summed E-state index contributed by atoms with van der Waals surface area (Å²) in [7, 11) is 0. The first-order valence-electron chi connectivity index (χ1n) is 7.08. The van der Waals surface area contributed by atoms with Gasteiger partial charge in [0, 0.05) is 18.3 Å². The quantitative estimate of drug-likeness (QED) is 0.731. The lowest BCUT2D eigenvalue weighted by molar-refractivity contribution is -0.168. The van der Waals surface area contributed by atoms with Crippen LogP contribution in [-0.2, 0) is 4.74 Å². The van der Waals surface area contributed by atoms with E-state index < -0.39 is 5.60 Å². The Hall–Kier alpha value is -2.31. The molecular weight excluding hydrogens is 282 g/mol. The van der Waals surface area contributed by atoms with E-state index in [-0.39, 0.29) is 0 Å². The van der Waals surface area contributed by atoms with Crippen molar-refractivity contribution in [2.75, 3.05) is 30.8 Å². The Kier molecular flexibility index (Phi) is 3.87. The van der Waals surface area contributed by atoms with Gasteiger partial charge in [0.15, 0.2) is 0 Å². The third-order valence-corrected chi connectivity index (χ3v) is 3.49. The maximum atomic E-state index is 10.0. The number of rotatable bonds is 5. The smallest absolute Gasteiger partial charge is 0.145 e. The molecule has 0 unspecified atom stereocenters. The summed E-state index contributed by atoms with van der Waals surface area (Å²) in [6.07, 6.45) is 1.67. The van der Waals surface area contributed by atoms with Crippen LogP contribution >= 0.6 is 0 Å². The third kappa shape index (κ3) is 3.29.